The van der Waals surface area contributed by atoms with Crippen LogP contribution in [0.15, 0.2) is 24.3 Å². The lowest BCUT2D eigenvalue weighted by Crippen LogP contribution is -2.44. The Hall–Kier alpha value is -1.59. The van der Waals surface area contributed by atoms with Crippen molar-refractivity contribution in [3.05, 3.63) is 29.8 Å². The molecular formula is C15H22N2O3. The van der Waals surface area contributed by atoms with Gasteiger partial charge < -0.3 is 20.9 Å². The van der Waals surface area contributed by atoms with Crippen LogP contribution in [0.1, 0.15) is 18.4 Å². The van der Waals surface area contributed by atoms with Gasteiger partial charge in [-0.2, -0.15) is 0 Å². The number of aromatic hydroxyl groups is 1. The summed E-state index contributed by atoms with van der Waals surface area (Å²) in [7, 11) is 0. The number of ether oxygens (including phenoxy) is 1. The molecule has 0 bridgehead atoms. The Morgan fingerprint density at radius 2 is 2.20 bits per heavy atom. The first-order chi connectivity index (χ1) is 9.65. The molecule has 0 radical (unpaired) electrons. The predicted octanol–water partition coefficient (Wildman–Crippen LogP) is 0.805. The molecule has 2 rings (SSSR count). The van der Waals surface area contributed by atoms with Crippen LogP contribution in [0, 0.1) is 5.92 Å². The number of carbonyl (C=O) groups excluding carboxylic acids is 1. The lowest BCUT2D eigenvalue weighted by atomic mass is 10.0. The lowest BCUT2D eigenvalue weighted by Gasteiger charge is -2.23. The van der Waals surface area contributed by atoms with Gasteiger partial charge in [-0.15, -0.1) is 0 Å². The van der Waals surface area contributed by atoms with E-state index in [1.165, 1.54) is 0 Å². The number of rotatable bonds is 5. The fourth-order valence-electron chi connectivity index (χ4n) is 2.32. The summed E-state index contributed by atoms with van der Waals surface area (Å²) >= 11 is 0. The molecule has 1 heterocycles. The monoisotopic (exact) mass is 278 g/mol. The number of nitrogens with two attached hydrogens (primary N) is 1. The molecule has 4 N–H and O–H groups in total. The third-order valence-corrected chi connectivity index (χ3v) is 3.55. The van der Waals surface area contributed by atoms with E-state index in [9.17, 15) is 9.90 Å². The van der Waals surface area contributed by atoms with Gasteiger partial charge in [0, 0.05) is 13.2 Å². The van der Waals surface area contributed by atoms with Crippen molar-refractivity contribution >= 4 is 5.91 Å². The second-order valence-corrected chi connectivity index (χ2v) is 5.31. The van der Waals surface area contributed by atoms with E-state index in [0.717, 1.165) is 25.0 Å². The fourth-order valence-corrected chi connectivity index (χ4v) is 2.32. The second kappa shape index (κ2) is 7.26. The molecule has 1 unspecified atom stereocenters. The minimum absolute atomic E-state index is 0.136. The fraction of sp³-hybridized carbons (Fsp3) is 0.533. The highest BCUT2D eigenvalue weighted by atomic mass is 16.5. The van der Waals surface area contributed by atoms with Crippen LogP contribution < -0.4 is 11.1 Å². The van der Waals surface area contributed by atoms with Crippen molar-refractivity contribution in [3.63, 3.8) is 0 Å². The zero-order chi connectivity index (χ0) is 14.4. The predicted molar refractivity (Wildman–Crippen MR) is 76.3 cm³/mol. The van der Waals surface area contributed by atoms with E-state index in [0.29, 0.717) is 25.5 Å². The molecule has 1 amide bonds. The van der Waals surface area contributed by atoms with Crippen LogP contribution in [0.3, 0.4) is 0 Å². The number of hydrogen-bond acceptors (Lipinski definition) is 4. The molecule has 5 heteroatoms. The molecule has 0 aliphatic carbocycles. The van der Waals surface area contributed by atoms with E-state index in [1.807, 2.05) is 0 Å². The van der Waals surface area contributed by atoms with E-state index >= 15 is 0 Å². The van der Waals surface area contributed by atoms with Gasteiger partial charge in [-0.1, -0.05) is 12.1 Å². The number of carbonyl (C=O) groups is 1. The molecule has 1 aromatic rings. The van der Waals surface area contributed by atoms with Crippen molar-refractivity contribution in [2.75, 3.05) is 19.8 Å². The van der Waals surface area contributed by atoms with Crippen molar-refractivity contribution in [3.8, 4) is 5.75 Å². The van der Waals surface area contributed by atoms with Crippen LogP contribution in [0.25, 0.3) is 0 Å². The smallest absolute Gasteiger partial charge is 0.237 e. The number of phenols is 1. The number of benzene rings is 1. The summed E-state index contributed by atoms with van der Waals surface area (Å²) in [6.45, 7) is 2.17. The van der Waals surface area contributed by atoms with E-state index in [4.69, 9.17) is 10.5 Å². The van der Waals surface area contributed by atoms with E-state index in [-0.39, 0.29) is 11.7 Å². The molecule has 0 aromatic heterocycles. The van der Waals surface area contributed by atoms with Crippen LogP contribution in [-0.4, -0.2) is 36.8 Å². The molecular weight excluding hydrogens is 256 g/mol. The van der Waals surface area contributed by atoms with Gasteiger partial charge >= 0.3 is 0 Å². The van der Waals surface area contributed by atoms with Gasteiger partial charge in [0.05, 0.1) is 12.6 Å². The summed E-state index contributed by atoms with van der Waals surface area (Å²) in [5.74, 6) is 0.473. The Bertz CT molecular complexity index is 427. The Morgan fingerprint density at radius 3 is 2.85 bits per heavy atom. The molecule has 1 aromatic carbocycles. The number of amides is 1. The molecule has 1 aliphatic heterocycles. The zero-order valence-electron chi connectivity index (χ0n) is 11.5. The van der Waals surface area contributed by atoms with Crippen LogP contribution >= 0.6 is 0 Å². The maximum Gasteiger partial charge on any atom is 0.237 e. The second-order valence-electron chi connectivity index (χ2n) is 5.31. The van der Waals surface area contributed by atoms with Crippen LogP contribution in [0.4, 0.5) is 0 Å². The SMILES string of the molecule is N[C@H](Cc1ccc(O)cc1)C(=O)NCC1CCCOC1. The largest absolute Gasteiger partial charge is 0.508 e. The van der Waals surface area contributed by atoms with Gasteiger partial charge in [-0.25, -0.2) is 0 Å². The highest BCUT2D eigenvalue weighted by Gasteiger charge is 2.18. The summed E-state index contributed by atoms with van der Waals surface area (Å²) in [4.78, 5) is 11.9. The topological polar surface area (TPSA) is 84.6 Å². The molecule has 0 saturated carbocycles. The summed E-state index contributed by atoms with van der Waals surface area (Å²) in [5.41, 5.74) is 6.83. The van der Waals surface area contributed by atoms with Crippen molar-refractivity contribution in [1.82, 2.24) is 5.32 Å². The minimum Gasteiger partial charge on any atom is -0.508 e. The zero-order valence-corrected chi connectivity index (χ0v) is 11.5. The first kappa shape index (κ1) is 14.8. The van der Waals surface area contributed by atoms with Gasteiger partial charge in [0.2, 0.25) is 5.91 Å². The van der Waals surface area contributed by atoms with Gasteiger partial charge in [0.25, 0.3) is 0 Å². The molecule has 110 valence electrons. The van der Waals surface area contributed by atoms with Gasteiger partial charge in [-0.3, -0.25) is 4.79 Å². The van der Waals surface area contributed by atoms with Crippen LogP contribution in [0.2, 0.25) is 0 Å². The molecule has 0 spiro atoms. The highest BCUT2D eigenvalue weighted by Crippen LogP contribution is 2.13. The maximum atomic E-state index is 11.9. The number of nitrogens with one attached hydrogen (secondary N) is 1. The third kappa shape index (κ3) is 4.51. The minimum atomic E-state index is -0.566. The molecule has 5 nitrogen and oxygen atoms in total. The average molecular weight is 278 g/mol. The van der Waals surface area contributed by atoms with E-state index in [1.54, 1.807) is 24.3 Å². The molecule has 1 aliphatic rings. The Morgan fingerprint density at radius 1 is 1.45 bits per heavy atom. The normalized spacial score (nSPS) is 20.4. The quantitative estimate of drug-likeness (QED) is 0.744. The van der Waals surface area contributed by atoms with Crippen molar-refractivity contribution in [2.45, 2.75) is 25.3 Å². The standard InChI is InChI=1S/C15H22N2O3/c16-14(8-11-3-5-13(18)6-4-11)15(19)17-9-12-2-1-7-20-10-12/h3-6,12,14,18H,1-2,7-10,16H2,(H,17,19)/t12?,14-/m1/s1. The lowest BCUT2D eigenvalue weighted by molar-refractivity contribution is -0.122. The third-order valence-electron chi connectivity index (χ3n) is 3.55. The summed E-state index contributed by atoms with van der Waals surface area (Å²) in [6.07, 6.45) is 2.61. The number of phenolic OH excluding ortho intramolecular Hbond substituents is 1. The average Bonchev–Trinajstić information content (AvgIpc) is 2.48. The van der Waals surface area contributed by atoms with Gasteiger partial charge in [0.15, 0.2) is 0 Å². The summed E-state index contributed by atoms with van der Waals surface area (Å²) < 4.78 is 5.38. The van der Waals surface area contributed by atoms with E-state index < -0.39 is 6.04 Å². The summed E-state index contributed by atoms with van der Waals surface area (Å²) in [5, 5.41) is 12.1. The molecule has 2 atom stereocenters. The molecule has 1 fully saturated rings. The van der Waals surface area contributed by atoms with Crippen molar-refractivity contribution in [2.24, 2.45) is 11.7 Å². The van der Waals surface area contributed by atoms with E-state index in [2.05, 4.69) is 5.32 Å². The van der Waals surface area contributed by atoms with Crippen molar-refractivity contribution < 1.29 is 14.6 Å². The first-order valence-corrected chi connectivity index (χ1v) is 7.04. The number of hydrogen-bond donors (Lipinski definition) is 3. The first-order valence-electron chi connectivity index (χ1n) is 7.04. The Labute approximate surface area is 119 Å². The van der Waals surface area contributed by atoms with Crippen LogP contribution in [-0.2, 0) is 16.0 Å². The Kier molecular flexibility index (Phi) is 5.38. The van der Waals surface area contributed by atoms with Crippen LogP contribution in [0.5, 0.6) is 5.75 Å². The molecule has 20 heavy (non-hydrogen) atoms. The van der Waals surface area contributed by atoms with Crippen molar-refractivity contribution in [1.29, 1.82) is 0 Å². The maximum absolute atomic E-state index is 11.9. The van der Waals surface area contributed by atoms with Gasteiger partial charge in [-0.05, 0) is 42.9 Å². The van der Waals surface area contributed by atoms with Gasteiger partial charge in [0.1, 0.15) is 5.75 Å². The highest BCUT2D eigenvalue weighted by molar-refractivity contribution is 5.81. The Balaban J connectivity index is 1.75. The molecule has 1 saturated heterocycles. The summed E-state index contributed by atoms with van der Waals surface area (Å²) in [6, 6.07) is 6.18.